The largest absolute Gasteiger partial charge is 0.382 e. The standard InChI is InChI=1S/C12H17N5OS2/c1-4-5-17(3)12-15-9(13)8(20-12)10(18)16-11-14-7(2)6-19-11/h6H,4-5,13H2,1-3H3,(H,14,16,18). The number of thiazole rings is 2. The highest BCUT2D eigenvalue weighted by Crippen LogP contribution is 2.28. The molecule has 1 amide bonds. The van der Waals surface area contributed by atoms with Crippen molar-refractivity contribution < 1.29 is 4.79 Å². The molecule has 0 fully saturated rings. The number of hydrogen-bond acceptors (Lipinski definition) is 7. The van der Waals surface area contributed by atoms with Crippen molar-refractivity contribution in [3.63, 3.8) is 0 Å². The SMILES string of the molecule is CCCN(C)c1nc(N)c(C(=O)Nc2nc(C)cs2)s1. The molecule has 6 nitrogen and oxygen atoms in total. The fraction of sp³-hybridized carbons (Fsp3) is 0.417. The van der Waals surface area contributed by atoms with Crippen LogP contribution >= 0.6 is 22.7 Å². The lowest BCUT2D eigenvalue weighted by Crippen LogP contribution is -2.17. The van der Waals surface area contributed by atoms with E-state index in [4.69, 9.17) is 5.73 Å². The third kappa shape index (κ3) is 3.26. The van der Waals surface area contributed by atoms with Gasteiger partial charge in [0.1, 0.15) is 10.7 Å². The molecule has 0 atom stereocenters. The summed E-state index contributed by atoms with van der Waals surface area (Å²) in [5.41, 5.74) is 6.71. The highest BCUT2D eigenvalue weighted by atomic mass is 32.1. The lowest BCUT2D eigenvalue weighted by atomic mass is 10.4. The lowest BCUT2D eigenvalue weighted by Gasteiger charge is -2.13. The van der Waals surface area contributed by atoms with E-state index in [0.29, 0.717) is 10.0 Å². The second-order valence-corrected chi connectivity index (χ2v) is 6.22. The maximum absolute atomic E-state index is 12.2. The van der Waals surface area contributed by atoms with E-state index in [1.165, 1.54) is 22.7 Å². The third-order valence-electron chi connectivity index (χ3n) is 2.57. The Kier molecular flexibility index (Phi) is 4.56. The molecule has 8 heteroatoms. The molecule has 0 unspecified atom stereocenters. The highest BCUT2D eigenvalue weighted by Gasteiger charge is 2.18. The van der Waals surface area contributed by atoms with Crippen LogP contribution in [0.5, 0.6) is 0 Å². The first kappa shape index (κ1) is 14.7. The molecule has 0 aliphatic carbocycles. The predicted octanol–water partition coefficient (Wildman–Crippen LogP) is 2.59. The van der Waals surface area contributed by atoms with Gasteiger partial charge < -0.3 is 10.6 Å². The fourth-order valence-electron chi connectivity index (χ4n) is 1.64. The van der Waals surface area contributed by atoms with Gasteiger partial charge in [-0.1, -0.05) is 18.3 Å². The second kappa shape index (κ2) is 6.19. The number of nitrogens with one attached hydrogen (secondary N) is 1. The first-order valence-electron chi connectivity index (χ1n) is 6.22. The van der Waals surface area contributed by atoms with Crippen molar-refractivity contribution in [3.8, 4) is 0 Å². The van der Waals surface area contributed by atoms with Crippen molar-refractivity contribution >= 4 is 44.7 Å². The van der Waals surface area contributed by atoms with Crippen molar-refractivity contribution in [2.75, 3.05) is 29.5 Å². The van der Waals surface area contributed by atoms with E-state index in [1.54, 1.807) is 0 Å². The number of aryl methyl sites for hydroxylation is 1. The van der Waals surface area contributed by atoms with E-state index in [1.807, 2.05) is 24.3 Å². The van der Waals surface area contributed by atoms with E-state index in [9.17, 15) is 4.79 Å². The number of nitrogen functional groups attached to an aromatic ring is 1. The Hall–Kier alpha value is -1.67. The molecule has 0 spiro atoms. The minimum Gasteiger partial charge on any atom is -0.382 e. The summed E-state index contributed by atoms with van der Waals surface area (Å²) >= 11 is 2.69. The smallest absolute Gasteiger partial charge is 0.271 e. The fourth-order valence-corrected chi connectivity index (χ4v) is 3.19. The van der Waals surface area contributed by atoms with Gasteiger partial charge in [0.15, 0.2) is 10.3 Å². The van der Waals surface area contributed by atoms with Crippen LogP contribution in [0.3, 0.4) is 0 Å². The number of amides is 1. The summed E-state index contributed by atoms with van der Waals surface area (Å²) in [6, 6.07) is 0. The van der Waals surface area contributed by atoms with E-state index in [2.05, 4.69) is 22.2 Å². The van der Waals surface area contributed by atoms with Crippen LogP contribution in [0, 0.1) is 6.92 Å². The van der Waals surface area contributed by atoms with E-state index >= 15 is 0 Å². The van der Waals surface area contributed by atoms with Crippen molar-refractivity contribution in [1.82, 2.24) is 9.97 Å². The Labute approximate surface area is 125 Å². The Morgan fingerprint density at radius 1 is 1.50 bits per heavy atom. The number of hydrogen-bond donors (Lipinski definition) is 2. The molecule has 0 bridgehead atoms. The number of rotatable bonds is 5. The van der Waals surface area contributed by atoms with E-state index in [0.717, 1.165) is 23.8 Å². The van der Waals surface area contributed by atoms with Crippen LogP contribution < -0.4 is 16.0 Å². The molecule has 2 aromatic heterocycles. The van der Waals surface area contributed by atoms with Crippen LogP contribution in [0.1, 0.15) is 28.7 Å². The number of nitrogens with two attached hydrogens (primary N) is 1. The van der Waals surface area contributed by atoms with Crippen molar-refractivity contribution in [2.45, 2.75) is 20.3 Å². The maximum Gasteiger partial charge on any atom is 0.271 e. The molecule has 0 aliphatic rings. The number of anilines is 3. The monoisotopic (exact) mass is 311 g/mol. The summed E-state index contributed by atoms with van der Waals surface area (Å²) in [6.45, 7) is 4.84. The Balaban J connectivity index is 2.13. The molecule has 108 valence electrons. The second-order valence-electron chi connectivity index (χ2n) is 4.38. The predicted molar refractivity (Wildman–Crippen MR) is 84.9 cm³/mol. The third-order valence-corrected chi connectivity index (χ3v) is 4.63. The number of nitrogens with zero attached hydrogens (tertiary/aromatic N) is 3. The quantitative estimate of drug-likeness (QED) is 0.886. The van der Waals surface area contributed by atoms with Crippen LogP contribution in [0.4, 0.5) is 16.1 Å². The van der Waals surface area contributed by atoms with Gasteiger partial charge in [-0.3, -0.25) is 10.1 Å². The molecule has 0 aromatic carbocycles. The summed E-state index contributed by atoms with van der Waals surface area (Å²) in [5.74, 6) is 0.00392. The van der Waals surface area contributed by atoms with Gasteiger partial charge in [0.05, 0.1) is 5.69 Å². The summed E-state index contributed by atoms with van der Waals surface area (Å²) < 4.78 is 0. The minimum atomic E-state index is -0.259. The van der Waals surface area contributed by atoms with Crippen molar-refractivity contribution in [3.05, 3.63) is 16.0 Å². The summed E-state index contributed by atoms with van der Waals surface area (Å²) in [4.78, 5) is 23.0. The van der Waals surface area contributed by atoms with Gasteiger partial charge in [0.25, 0.3) is 5.91 Å². The number of carbonyl (C=O) groups excluding carboxylic acids is 1. The van der Waals surface area contributed by atoms with Crippen LogP contribution in [-0.4, -0.2) is 29.5 Å². The Morgan fingerprint density at radius 2 is 2.25 bits per heavy atom. The normalized spacial score (nSPS) is 10.6. The zero-order valence-corrected chi connectivity index (χ0v) is 13.3. The number of carbonyl (C=O) groups is 1. The highest BCUT2D eigenvalue weighted by molar-refractivity contribution is 7.18. The van der Waals surface area contributed by atoms with Gasteiger partial charge in [-0.25, -0.2) is 9.97 Å². The maximum atomic E-state index is 12.2. The van der Waals surface area contributed by atoms with Gasteiger partial charge >= 0.3 is 0 Å². The average Bonchev–Trinajstić information content (AvgIpc) is 2.96. The summed E-state index contributed by atoms with van der Waals surface area (Å²) in [7, 11) is 1.94. The van der Waals surface area contributed by atoms with Gasteiger partial charge in [-0.15, -0.1) is 11.3 Å². The van der Waals surface area contributed by atoms with Gasteiger partial charge in [-0.05, 0) is 13.3 Å². The number of aromatic nitrogens is 2. The Morgan fingerprint density at radius 3 is 2.85 bits per heavy atom. The van der Waals surface area contributed by atoms with Crippen LogP contribution in [0.15, 0.2) is 5.38 Å². The molecule has 0 saturated heterocycles. The molecule has 20 heavy (non-hydrogen) atoms. The van der Waals surface area contributed by atoms with E-state index in [-0.39, 0.29) is 11.7 Å². The van der Waals surface area contributed by atoms with Crippen LogP contribution in [0.25, 0.3) is 0 Å². The average molecular weight is 311 g/mol. The molecule has 2 aromatic rings. The van der Waals surface area contributed by atoms with E-state index < -0.39 is 0 Å². The molecule has 3 N–H and O–H groups in total. The van der Waals surface area contributed by atoms with Crippen molar-refractivity contribution in [2.24, 2.45) is 0 Å². The molecular formula is C12H17N5OS2. The zero-order valence-electron chi connectivity index (χ0n) is 11.6. The molecule has 2 rings (SSSR count). The first-order chi connectivity index (χ1) is 9.51. The van der Waals surface area contributed by atoms with Gasteiger partial charge in [-0.2, -0.15) is 0 Å². The molecule has 0 aliphatic heterocycles. The summed E-state index contributed by atoms with van der Waals surface area (Å²) in [6.07, 6.45) is 1.01. The first-order valence-corrected chi connectivity index (χ1v) is 7.91. The molecular weight excluding hydrogens is 294 g/mol. The zero-order chi connectivity index (χ0) is 14.7. The summed E-state index contributed by atoms with van der Waals surface area (Å²) in [5, 5.41) is 5.95. The van der Waals surface area contributed by atoms with Crippen LogP contribution in [-0.2, 0) is 0 Å². The van der Waals surface area contributed by atoms with Crippen LogP contribution in [0.2, 0.25) is 0 Å². The molecule has 0 radical (unpaired) electrons. The lowest BCUT2D eigenvalue weighted by molar-refractivity contribution is 0.103. The van der Waals surface area contributed by atoms with Crippen molar-refractivity contribution in [1.29, 1.82) is 0 Å². The van der Waals surface area contributed by atoms with Gasteiger partial charge in [0, 0.05) is 19.0 Å². The molecule has 2 heterocycles. The topological polar surface area (TPSA) is 84.1 Å². The Bertz CT molecular complexity index is 607. The minimum absolute atomic E-state index is 0.259. The molecule has 0 saturated carbocycles. The van der Waals surface area contributed by atoms with Gasteiger partial charge in [0.2, 0.25) is 0 Å².